The van der Waals surface area contributed by atoms with Crippen LogP contribution in [0.2, 0.25) is 0 Å². The first-order valence-electron chi connectivity index (χ1n) is 8.09. The van der Waals surface area contributed by atoms with Gasteiger partial charge in [0.2, 0.25) is 0 Å². The summed E-state index contributed by atoms with van der Waals surface area (Å²) in [6, 6.07) is 17.3. The average Bonchev–Trinajstić information content (AvgIpc) is 3.08. The number of amides is 1. The lowest BCUT2D eigenvalue weighted by Gasteiger charge is -2.07. The Morgan fingerprint density at radius 3 is 2.58 bits per heavy atom. The van der Waals surface area contributed by atoms with E-state index < -0.39 is 5.97 Å². The van der Waals surface area contributed by atoms with E-state index >= 15 is 0 Å². The molecule has 0 spiro atoms. The van der Waals surface area contributed by atoms with Crippen molar-refractivity contribution in [2.75, 3.05) is 13.2 Å². The first-order valence-corrected chi connectivity index (χ1v) is 8.91. The molecule has 0 unspecified atom stereocenters. The van der Waals surface area contributed by atoms with Crippen LogP contribution in [0.4, 0.5) is 0 Å². The van der Waals surface area contributed by atoms with Gasteiger partial charge in [-0.05, 0) is 17.7 Å². The average molecular weight is 370 g/mol. The van der Waals surface area contributed by atoms with E-state index in [0.29, 0.717) is 6.54 Å². The quantitative estimate of drug-likeness (QED) is 0.617. The van der Waals surface area contributed by atoms with Crippen LogP contribution in [-0.2, 0) is 32.2 Å². The molecule has 0 radical (unpaired) electrons. The maximum atomic E-state index is 11.7. The smallest absolute Gasteiger partial charge is 0.332 e. The molecular formula is C19H18N2O4S. The van der Waals surface area contributed by atoms with E-state index in [1.165, 1.54) is 11.3 Å². The zero-order valence-corrected chi connectivity index (χ0v) is 14.8. The van der Waals surface area contributed by atoms with Crippen molar-refractivity contribution in [2.24, 2.45) is 0 Å². The number of nitrogens with one attached hydrogen (secondary N) is 1. The topological polar surface area (TPSA) is 77.5 Å². The van der Waals surface area contributed by atoms with Crippen LogP contribution in [0.25, 0.3) is 10.2 Å². The van der Waals surface area contributed by atoms with Crippen molar-refractivity contribution in [3.05, 3.63) is 65.2 Å². The van der Waals surface area contributed by atoms with E-state index in [9.17, 15) is 9.59 Å². The molecule has 0 fully saturated rings. The number of hydrogen-bond acceptors (Lipinski definition) is 6. The number of ether oxygens (including phenoxy) is 2. The van der Waals surface area contributed by atoms with Gasteiger partial charge in [0.05, 0.1) is 16.8 Å². The van der Waals surface area contributed by atoms with Crippen LogP contribution >= 0.6 is 11.3 Å². The number of fused-ring (bicyclic) bond motifs is 1. The standard InChI is InChI=1S/C19H18N2O4S/c22-17(20-10-14-6-2-1-3-7-14)11-25-19(23)13-24-12-18-21-15-8-4-5-9-16(15)26-18/h1-9H,10-13H2,(H,20,22). The maximum absolute atomic E-state index is 11.7. The van der Waals surface area contributed by atoms with Gasteiger partial charge >= 0.3 is 5.97 Å². The van der Waals surface area contributed by atoms with Crippen LogP contribution in [0.3, 0.4) is 0 Å². The van der Waals surface area contributed by atoms with Crippen molar-refractivity contribution in [1.82, 2.24) is 10.3 Å². The molecule has 2 aromatic carbocycles. The summed E-state index contributed by atoms with van der Waals surface area (Å²) in [7, 11) is 0. The van der Waals surface area contributed by atoms with Gasteiger partial charge in [-0.25, -0.2) is 9.78 Å². The predicted molar refractivity (Wildman–Crippen MR) is 98.5 cm³/mol. The molecule has 134 valence electrons. The van der Waals surface area contributed by atoms with Crippen molar-refractivity contribution >= 4 is 33.4 Å². The molecule has 3 rings (SSSR count). The van der Waals surface area contributed by atoms with Crippen molar-refractivity contribution in [3.8, 4) is 0 Å². The number of carbonyl (C=O) groups is 2. The molecule has 1 heterocycles. The molecule has 0 atom stereocenters. The number of para-hydroxylation sites is 1. The Balaban J connectivity index is 1.33. The molecule has 1 amide bonds. The second kappa shape index (κ2) is 9.07. The lowest BCUT2D eigenvalue weighted by molar-refractivity contribution is -0.153. The number of aromatic nitrogens is 1. The summed E-state index contributed by atoms with van der Waals surface area (Å²) in [4.78, 5) is 27.7. The van der Waals surface area contributed by atoms with Gasteiger partial charge in [-0.2, -0.15) is 0 Å². The fourth-order valence-corrected chi connectivity index (χ4v) is 3.14. The van der Waals surface area contributed by atoms with Crippen molar-refractivity contribution in [3.63, 3.8) is 0 Å². The number of hydrogen-bond donors (Lipinski definition) is 1. The van der Waals surface area contributed by atoms with E-state index in [2.05, 4.69) is 10.3 Å². The number of esters is 1. The monoisotopic (exact) mass is 370 g/mol. The summed E-state index contributed by atoms with van der Waals surface area (Å²) in [5.41, 5.74) is 1.89. The number of carbonyl (C=O) groups excluding carboxylic acids is 2. The molecule has 0 aliphatic carbocycles. The highest BCUT2D eigenvalue weighted by Gasteiger charge is 2.09. The molecule has 0 saturated carbocycles. The first-order chi connectivity index (χ1) is 12.7. The molecular weight excluding hydrogens is 352 g/mol. The SMILES string of the molecule is O=C(COC(=O)COCc1nc2ccccc2s1)NCc1ccccc1. The summed E-state index contributed by atoms with van der Waals surface area (Å²) in [5.74, 6) is -0.936. The lowest BCUT2D eigenvalue weighted by Crippen LogP contribution is -2.29. The maximum Gasteiger partial charge on any atom is 0.332 e. The molecule has 0 bridgehead atoms. The zero-order valence-electron chi connectivity index (χ0n) is 14.0. The van der Waals surface area contributed by atoms with Crippen LogP contribution in [0.1, 0.15) is 10.6 Å². The third kappa shape index (κ3) is 5.37. The van der Waals surface area contributed by atoms with Gasteiger partial charge in [-0.3, -0.25) is 4.79 Å². The summed E-state index contributed by atoms with van der Waals surface area (Å²) >= 11 is 1.52. The van der Waals surface area contributed by atoms with E-state index in [-0.39, 0.29) is 25.7 Å². The van der Waals surface area contributed by atoms with Gasteiger partial charge in [0, 0.05) is 6.54 Å². The minimum Gasteiger partial charge on any atom is -0.454 e. The molecule has 0 aliphatic heterocycles. The number of nitrogens with zero attached hydrogens (tertiary/aromatic N) is 1. The fraction of sp³-hybridized carbons (Fsp3) is 0.211. The zero-order chi connectivity index (χ0) is 18.2. The van der Waals surface area contributed by atoms with Crippen molar-refractivity contribution < 1.29 is 19.1 Å². The van der Waals surface area contributed by atoms with Gasteiger partial charge in [0.25, 0.3) is 5.91 Å². The second-order valence-electron chi connectivity index (χ2n) is 5.49. The van der Waals surface area contributed by atoms with Crippen LogP contribution in [0, 0.1) is 0 Å². The molecule has 26 heavy (non-hydrogen) atoms. The fourth-order valence-electron chi connectivity index (χ4n) is 2.24. The van der Waals surface area contributed by atoms with Crippen molar-refractivity contribution in [2.45, 2.75) is 13.2 Å². The Kier molecular flexibility index (Phi) is 6.29. The predicted octanol–water partition coefficient (Wildman–Crippen LogP) is 2.67. The van der Waals surface area contributed by atoms with Gasteiger partial charge in [0.15, 0.2) is 6.61 Å². The van der Waals surface area contributed by atoms with Gasteiger partial charge < -0.3 is 14.8 Å². The summed E-state index contributed by atoms with van der Waals surface area (Å²) < 4.78 is 11.3. The Morgan fingerprint density at radius 1 is 1.00 bits per heavy atom. The summed E-state index contributed by atoms with van der Waals surface area (Å²) in [6.07, 6.45) is 0. The van der Waals surface area contributed by atoms with Crippen LogP contribution < -0.4 is 5.32 Å². The molecule has 6 nitrogen and oxygen atoms in total. The summed E-state index contributed by atoms with van der Waals surface area (Å²) in [5, 5.41) is 3.48. The molecule has 3 aromatic rings. The Hall–Kier alpha value is -2.77. The minimum atomic E-state index is -0.582. The van der Waals surface area contributed by atoms with Gasteiger partial charge in [-0.15, -0.1) is 11.3 Å². The second-order valence-corrected chi connectivity index (χ2v) is 6.61. The highest BCUT2D eigenvalue weighted by molar-refractivity contribution is 7.18. The molecule has 0 aliphatic rings. The van der Waals surface area contributed by atoms with Crippen LogP contribution in [0.5, 0.6) is 0 Å². The van der Waals surface area contributed by atoms with Gasteiger partial charge in [0.1, 0.15) is 11.6 Å². The number of rotatable bonds is 8. The molecule has 1 aromatic heterocycles. The normalized spacial score (nSPS) is 10.6. The van der Waals surface area contributed by atoms with E-state index in [1.807, 2.05) is 54.6 Å². The lowest BCUT2D eigenvalue weighted by atomic mass is 10.2. The van der Waals surface area contributed by atoms with E-state index in [0.717, 1.165) is 20.8 Å². The molecule has 1 N–H and O–H groups in total. The summed E-state index contributed by atoms with van der Waals surface area (Å²) in [6.45, 7) is 0.0814. The number of thiazole rings is 1. The minimum absolute atomic E-state index is 0.220. The van der Waals surface area contributed by atoms with E-state index in [1.54, 1.807) is 0 Å². The van der Waals surface area contributed by atoms with Crippen LogP contribution in [0.15, 0.2) is 54.6 Å². The number of benzene rings is 2. The molecule has 0 saturated heterocycles. The highest BCUT2D eigenvalue weighted by atomic mass is 32.1. The van der Waals surface area contributed by atoms with Crippen LogP contribution in [-0.4, -0.2) is 30.1 Å². The highest BCUT2D eigenvalue weighted by Crippen LogP contribution is 2.21. The van der Waals surface area contributed by atoms with Gasteiger partial charge in [-0.1, -0.05) is 42.5 Å². The largest absolute Gasteiger partial charge is 0.454 e. The first kappa shape index (κ1) is 18.0. The Morgan fingerprint density at radius 2 is 1.77 bits per heavy atom. The Labute approximate surface area is 154 Å². The Bertz CT molecular complexity index is 846. The molecule has 7 heteroatoms. The third-order valence-corrected chi connectivity index (χ3v) is 4.49. The third-order valence-electron chi connectivity index (χ3n) is 3.48. The van der Waals surface area contributed by atoms with E-state index in [4.69, 9.17) is 9.47 Å². The van der Waals surface area contributed by atoms with Crippen molar-refractivity contribution in [1.29, 1.82) is 0 Å².